The summed E-state index contributed by atoms with van der Waals surface area (Å²) in [5, 5.41) is 11.6. The summed E-state index contributed by atoms with van der Waals surface area (Å²) < 4.78 is 27.0. The van der Waals surface area contributed by atoms with Gasteiger partial charge in [0.05, 0.1) is 10.6 Å². The molecule has 0 aliphatic heterocycles. The molecule has 2 heterocycles. The first-order chi connectivity index (χ1) is 15.5. The molecule has 7 nitrogen and oxygen atoms in total. The van der Waals surface area contributed by atoms with Crippen LogP contribution in [0.2, 0.25) is 0 Å². The number of nitrogens with one attached hydrogen (secondary N) is 2. The first kappa shape index (κ1) is 19.9. The Kier molecular flexibility index (Phi) is 4.91. The maximum absolute atomic E-state index is 13.5. The molecule has 0 spiro atoms. The van der Waals surface area contributed by atoms with Crippen LogP contribution in [0.5, 0.6) is 0 Å². The normalized spacial score (nSPS) is 11.5. The van der Waals surface area contributed by atoms with Crippen molar-refractivity contribution in [1.29, 1.82) is 0 Å². The number of rotatable bonds is 5. The Balaban J connectivity index is 1.64. The number of aryl methyl sites for hydroxylation is 1. The summed E-state index contributed by atoms with van der Waals surface area (Å²) in [4.78, 5) is 8.88. The van der Waals surface area contributed by atoms with Crippen molar-refractivity contribution in [2.24, 2.45) is 0 Å². The minimum absolute atomic E-state index is 0.142. The van der Waals surface area contributed by atoms with Crippen molar-refractivity contribution in [1.82, 2.24) is 20.2 Å². The van der Waals surface area contributed by atoms with Gasteiger partial charge in [-0.3, -0.25) is 5.10 Å². The van der Waals surface area contributed by atoms with E-state index in [9.17, 15) is 8.42 Å². The van der Waals surface area contributed by atoms with E-state index in [1.54, 1.807) is 24.3 Å². The zero-order valence-corrected chi connectivity index (χ0v) is 18.0. The van der Waals surface area contributed by atoms with E-state index in [0.717, 1.165) is 22.0 Å². The lowest BCUT2D eigenvalue weighted by molar-refractivity contribution is 0.587. The highest BCUT2D eigenvalue weighted by Crippen LogP contribution is 2.27. The van der Waals surface area contributed by atoms with Crippen molar-refractivity contribution in [3.8, 4) is 11.3 Å². The fourth-order valence-corrected chi connectivity index (χ4v) is 4.60. The van der Waals surface area contributed by atoms with Crippen LogP contribution >= 0.6 is 0 Å². The molecule has 0 unspecified atom stereocenters. The number of anilines is 2. The maximum Gasteiger partial charge on any atom is 0.254 e. The van der Waals surface area contributed by atoms with E-state index in [1.807, 2.05) is 67.6 Å². The SMILES string of the molecule is Cc1cc(Nc2cc(-c3ccccc3)nc(S(=O)(=O)c3ccc4ccccc4c3)n2)n[nH]1. The molecule has 0 aliphatic rings. The second-order valence-electron chi connectivity index (χ2n) is 7.36. The van der Waals surface area contributed by atoms with Crippen molar-refractivity contribution in [2.75, 3.05) is 5.32 Å². The molecule has 0 fully saturated rings. The van der Waals surface area contributed by atoms with Crippen LogP contribution in [0.3, 0.4) is 0 Å². The van der Waals surface area contributed by atoms with Gasteiger partial charge < -0.3 is 5.32 Å². The number of hydrogen-bond acceptors (Lipinski definition) is 6. The average molecular weight is 442 g/mol. The van der Waals surface area contributed by atoms with Crippen LogP contribution in [0.25, 0.3) is 22.0 Å². The van der Waals surface area contributed by atoms with Crippen molar-refractivity contribution in [3.05, 3.63) is 90.6 Å². The number of aromatic nitrogens is 4. The van der Waals surface area contributed by atoms with Crippen molar-refractivity contribution in [2.45, 2.75) is 17.0 Å². The van der Waals surface area contributed by atoms with Crippen LogP contribution in [-0.4, -0.2) is 28.6 Å². The first-order valence-corrected chi connectivity index (χ1v) is 11.4. The second-order valence-corrected chi connectivity index (χ2v) is 9.20. The van der Waals surface area contributed by atoms with Gasteiger partial charge in [-0.15, -0.1) is 0 Å². The first-order valence-electron chi connectivity index (χ1n) is 9.96. The summed E-state index contributed by atoms with van der Waals surface area (Å²) in [5.74, 6) is 0.874. The van der Waals surface area contributed by atoms with Gasteiger partial charge in [0, 0.05) is 23.4 Å². The lowest BCUT2D eigenvalue weighted by atomic mass is 10.1. The Bertz CT molecular complexity index is 1530. The van der Waals surface area contributed by atoms with Gasteiger partial charge in [0.1, 0.15) is 5.82 Å². The Morgan fingerprint density at radius 2 is 1.53 bits per heavy atom. The van der Waals surface area contributed by atoms with Crippen LogP contribution in [0.15, 0.2) is 95.0 Å². The van der Waals surface area contributed by atoms with Gasteiger partial charge in [0.25, 0.3) is 5.16 Å². The topological polar surface area (TPSA) is 101 Å². The molecule has 0 bridgehead atoms. The summed E-state index contributed by atoms with van der Waals surface area (Å²) in [7, 11) is -3.96. The van der Waals surface area contributed by atoms with E-state index in [1.165, 1.54) is 0 Å². The van der Waals surface area contributed by atoms with Crippen LogP contribution in [0.4, 0.5) is 11.6 Å². The third kappa shape index (κ3) is 3.83. The van der Waals surface area contributed by atoms with Gasteiger partial charge in [-0.05, 0) is 29.8 Å². The molecule has 2 N–H and O–H groups in total. The van der Waals surface area contributed by atoms with E-state index >= 15 is 0 Å². The fourth-order valence-electron chi connectivity index (χ4n) is 3.42. The Morgan fingerprint density at radius 1 is 0.781 bits per heavy atom. The van der Waals surface area contributed by atoms with Gasteiger partial charge in [-0.1, -0.05) is 60.7 Å². The highest BCUT2D eigenvalue weighted by Gasteiger charge is 2.23. The highest BCUT2D eigenvalue weighted by atomic mass is 32.2. The summed E-state index contributed by atoms with van der Waals surface area (Å²) in [6.45, 7) is 1.88. The fraction of sp³-hybridized carbons (Fsp3) is 0.0417. The molecule has 0 radical (unpaired) electrons. The van der Waals surface area contributed by atoms with Crippen molar-refractivity contribution in [3.63, 3.8) is 0 Å². The van der Waals surface area contributed by atoms with Crippen molar-refractivity contribution < 1.29 is 8.42 Å². The molecule has 5 aromatic rings. The van der Waals surface area contributed by atoms with E-state index in [4.69, 9.17) is 0 Å². The second kappa shape index (κ2) is 7.90. The van der Waals surface area contributed by atoms with E-state index < -0.39 is 9.84 Å². The van der Waals surface area contributed by atoms with Crippen LogP contribution in [-0.2, 0) is 9.84 Å². The average Bonchev–Trinajstić information content (AvgIpc) is 3.23. The lowest BCUT2D eigenvalue weighted by Crippen LogP contribution is -2.10. The lowest BCUT2D eigenvalue weighted by Gasteiger charge is -2.10. The smallest absolute Gasteiger partial charge is 0.254 e. The summed E-state index contributed by atoms with van der Waals surface area (Å²) in [6, 6.07) is 25.5. The number of sulfone groups is 1. The predicted molar refractivity (Wildman–Crippen MR) is 123 cm³/mol. The highest BCUT2D eigenvalue weighted by molar-refractivity contribution is 7.91. The Morgan fingerprint density at radius 3 is 2.28 bits per heavy atom. The molecule has 5 rings (SSSR count). The molecular formula is C24H19N5O2S. The Labute approximate surface area is 185 Å². The Hall–Kier alpha value is -4.04. The van der Waals surface area contributed by atoms with Crippen molar-refractivity contribution >= 4 is 32.2 Å². The van der Waals surface area contributed by atoms with E-state index in [0.29, 0.717) is 17.3 Å². The van der Waals surface area contributed by atoms with E-state index in [-0.39, 0.29) is 10.1 Å². The number of hydrogen-bond donors (Lipinski definition) is 2. The van der Waals surface area contributed by atoms with Gasteiger partial charge in [-0.2, -0.15) is 5.10 Å². The van der Waals surface area contributed by atoms with E-state index in [2.05, 4.69) is 25.5 Å². The summed E-state index contributed by atoms with van der Waals surface area (Å²) in [5.41, 5.74) is 2.15. The third-order valence-corrected chi connectivity index (χ3v) is 6.55. The zero-order valence-electron chi connectivity index (χ0n) is 17.1. The molecule has 32 heavy (non-hydrogen) atoms. The number of fused-ring (bicyclic) bond motifs is 1. The zero-order chi connectivity index (χ0) is 22.1. The maximum atomic E-state index is 13.5. The summed E-state index contributed by atoms with van der Waals surface area (Å²) >= 11 is 0. The molecule has 0 saturated heterocycles. The molecule has 0 aliphatic carbocycles. The number of nitrogens with zero attached hydrogens (tertiary/aromatic N) is 3. The number of benzene rings is 3. The quantitative estimate of drug-likeness (QED) is 0.376. The molecule has 8 heteroatoms. The standard InChI is InChI=1S/C24H19N5O2S/c1-16-13-23(29-28-16)26-22-15-21(18-8-3-2-4-9-18)25-24(27-22)32(30,31)20-12-11-17-7-5-6-10-19(17)14-20/h2-15H,1H3,(H2,25,26,27,28,29). The van der Waals surface area contributed by atoms with Crippen LogP contribution in [0, 0.1) is 6.92 Å². The van der Waals surface area contributed by atoms with Crippen LogP contribution in [0.1, 0.15) is 5.69 Å². The number of H-pyrrole nitrogens is 1. The van der Waals surface area contributed by atoms with Gasteiger partial charge >= 0.3 is 0 Å². The third-order valence-electron chi connectivity index (χ3n) is 5.01. The van der Waals surface area contributed by atoms with Gasteiger partial charge in [0.15, 0.2) is 5.82 Å². The molecule has 0 atom stereocenters. The number of aromatic amines is 1. The van der Waals surface area contributed by atoms with Gasteiger partial charge in [0.2, 0.25) is 9.84 Å². The monoisotopic (exact) mass is 441 g/mol. The molecule has 158 valence electrons. The molecule has 0 saturated carbocycles. The van der Waals surface area contributed by atoms with Crippen LogP contribution < -0.4 is 5.32 Å². The molecule has 3 aromatic carbocycles. The van der Waals surface area contributed by atoms with Gasteiger partial charge in [-0.25, -0.2) is 18.4 Å². The molecule has 0 amide bonds. The molecule has 2 aromatic heterocycles. The minimum atomic E-state index is -3.96. The predicted octanol–water partition coefficient (Wildman–Crippen LogP) is 4.90. The minimum Gasteiger partial charge on any atom is -0.323 e. The molecular weight excluding hydrogens is 422 g/mol. The summed E-state index contributed by atoms with van der Waals surface area (Å²) in [6.07, 6.45) is 0. The largest absolute Gasteiger partial charge is 0.323 e.